The van der Waals surface area contributed by atoms with Gasteiger partial charge in [-0.3, -0.25) is 9.59 Å². The third-order valence-corrected chi connectivity index (χ3v) is 5.04. The third-order valence-electron chi connectivity index (χ3n) is 4.55. The van der Waals surface area contributed by atoms with Gasteiger partial charge in [0.2, 0.25) is 0 Å². The number of rotatable bonds is 2. The molecule has 1 aliphatic carbocycles. The van der Waals surface area contributed by atoms with Crippen molar-refractivity contribution in [1.82, 2.24) is 20.2 Å². The fraction of sp³-hybridized carbons (Fsp3) is 0.412. The summed E-state index contributed by atoms with van der Waals surface area (Å²) in [6.07, 6.45) is 3.51. The number of nitrogens with zero attached hydrogens (tertiary/aromatic N) is 4. The number of carbonyl (C=O) groups is 2. The van der Waals surface area contributed by atoms with E-state index in [0.29, 0.717) is 26.2 Å². The van der Waals surface area contributed by atoms with Crippen molar-refractivity contribution in [2.24, 2.45) is 0 Å². The lowest BCUT2D eigenvalue weighted by molar-refractivity contribution is -0.146. The van der Waals surface area contributed by atoms with Crippen molar-refractivity contribution in [3.05, 3.63) is 29.0 Å². The average Bonchev–Trinajstić information content (AvgIpc) is 3.44. The fourth-order valence-corrected chi connectivity index (χ4v) is 3.37. The van der Waals surface area contributed by atoms with Gasteiger partial charge in [-0.05, 0) is 31.0 Å². The van der Waals surface area contributed by atoms with E-state index in [1.807, 2.05) is 18.2 Å². The molecule has 0 radical (unpaired) electrons. The molecule has 1 saturated heterocycles. The molecule has 8 heteroatoms. The Morgan fingerprint density at radius 3 is 2.60 bits per heavy atom. The average molecular weight is 404 g/mol. The van der Waals surface area contributed by atoms with Crippen LogP contribution in [-0.2, 0) is 9.59 Å². The molecule has 4 rings (SSSR count). The predicted octanol–water partition coefficient (Wildman–Crippen LogP) is 1.32. The van der Waals surface area contributed by atoms with Gasteiger partial charge in [-0.15, -0.1) is 0 Å². The normalized spacial score (nSPS) is 17.6. The van der Waals surface area contributed by atoms with Gasteiger partial charge in [0, 0.05) is 42.1 Å². The van der Waals surface area contributed by atoms with Crippen LogP contribution in [0.5, 0.6) is 0 Å². The molecule has 1 aromatic heterocycles. The largest absolute Gasteiger partial charge is 0.352 e. The molecule has 1 aliphatic heterocycles. The van der Waals surface area contributed by atoms with E-state index in [0.717, 1.165) is 34.0 Å². The minimum Gasteiger partial charge on any atom is -0.352 e. The predicted molar refractivity (Wildman–Crippen MR) is 97.2 cm³/mol. The molecule has 25 heavy (non-hydrogen) atoms. The first-order valence-corrected chi connectivity index (χ1v) is 9.16. The SMILES string of the molecule is O=C(NC1CC1)C(=O)N1CCN(c2ncnc3ccc(Br)cc23)CC1. The first-order valence-electron chi connectivity index (χ1n) is 8.37. The maximum absolute atomic E-state index is 12.2. The Morgan fingerprint density at radius 2 is 1.88 bits per heavy atom. The highest BCUT2D eigenvalue weighted by molar-refractivity contribution is 9.10. The summed E-state index contributed by atoms with van der Waals surface area (Å²) in [5, 5.41) is 3.73. The van der Waals surface area contributed by atoms with Crippen molar-refractivity contribution < 1.29 is 9.59 Å². The van der Waals surface area contributed by atoms with Gasteiger partial charge in [-0.1, -0.05) is 15.9 Å². The second kappa shape index (κ2) is 6.59. The molecule has 0 atom stereocenters. The number of piperazine rings is 1. The minimum absolute atomic E-state index is 0.198. The molecule has 2 amide bonds. The van der Waals surface area contributed by atoms with Gasteiger partial charge in [0.1, 0.15) is 12.1 Å². The zero-order valence-corrected chi connectivity index (χ0v) is 15.2. The van der Waals surface area contributed by atoms with Crippen LogP contribution in [0.2, 0.25) is 0 Å². The summed E-state index contributed by atoms with van der Waals surface area (Å²) in [4.78, 5) is 36.6. The van der Waals surface area contributed by atoms with E-state index in [4.69, 9.17) is 0 Å². The zero-order chi connectivity index (χ0) is 17.4. The summed E-state index contributed by atoms with van der Waals surface area (Å²) < 4.78 is 0.974. The number of fused-ring (bicyclic) bond motifs is 1. The van der Waals surface area contributed by atoms with Crippen molar-refractivity contribution in [1.29, 1.82) is 0 Å². The number of benzene rings is 1. The Morgan fingerprint density at radius 1 is 1.12 bits per heavy atom. The summed E-state index contributed by atoms with van der Waals surface area (Å²) in [6, 6.07) is 6.11. The van der Waals surface area contributed by atoms with E-state index in [-0.39, 0.29) is 6.04 Å². The van der Waals surface area contributed by atoms with Crippen LogP contribution in [0, 0.1) is 0 Å². The van der Waals surface area contributed by atoms with E-state index >= 15 is 0 Å². The number of amides is 2. The van der Waals surface area contributed by atoms with Gasteiger partial charge in [-0.2, -0.15) is 0 Å². The first-order chi connectivity index (χ1) is 12.1. The lowest BCUT2D eigenvalue weighted by Crippen LogP contribution is -2.53. The van der Waals surface area contributed by atoms with E-state index in [9.17, 15) is 9.59 Å². The Labute approximate surface area is 153 Å². The Kier molecular flexibility index (Phi) is 4.29. The highest BCUT2D eigenvalue weighted by Gasteiger charge is 2.31. The molecule has 2 fully saturated rings. The smallest absolute Gasteiger partial charge is 0.312 e. The summed E-state index contributed by atoms with van der Waals surface area (Å²) in [7, 11) is 0. The summed E-state index contributed by atoms with van der Waals surface area (Å²) >= 11 is 3.49. The van der Waals surface area contributed by atoms with Crippen LogP contribution in [0.15, 0.2) is 29.0 Å². The highest BCUT2D eigenvalue weighted by atomic mass is 79.9. The summed E-state index contributed by atoms with van der Waals surface area (Å²) in [5.41, 5.74) is 0.885. The zero-order valence-electron chi connectivity index (χ0n) is 13.6. The van der Waals surface area contributed by atoms with Gasteiger partial charge in [0.15, 0.2) is 0 Å². The fourth-order valence-electron chi connectivity index (χ4n) is 3.01. The number of aromatic nitrogens is 2. The van der Waals surface area contributed by atoms with Crippen LogP contribution in [0.3, 0.4) is 0 Å². The molecule has 2 aromatic rings. The van der Waals surface area contributed by atoms with Crippen molar-refractivity contribution in [2.45, 2.75) is 18.9 Å². The standard InChI is InChI=1S/C17H18BrN5O2/c18-11-1-4-14-13(9-11)15(20-10-19-14)22-5-7-23(8-6-22)17(25)16(24)21-12-2-3-12/h1,4,9-10,12H,2-3,5-8H2,(H,21,24). The maximum Gasteiger partial charge on any atom is 0.312 e. The van der Waals surface area contributed by atoms with Gasteiger partial charge < -0.3 is 15.1 Å². The van der Waals surface area contributed by atoms with Crippen LogP contribution < -0.4 is 10.2 Å². The molecule has 2 aliphatic rings. The van der Waals surface area contributed by atoms with Gasteiger partial charge in [-0.25, -0.2) is 9.97 Å². The van der Waals surface area contributed by atoms with Crippen molar-refractivity contribution in [3.63, 3.8) is 0 Å². The topological polar surface area (TPSA) is 78.4 Å². The molecule has 1 saturated carbocycles. The second-order valence-corrected chi connectivity index (χ2v) is 7.30. The molecule has 7 nitrogen and oxygen atoms in total. The number of hydrogen-bond acceptors (Lipinski definition) is 5. The molecule has 0 bridgehead atoms. The van der Waals surface area contributed by atoms with E-state index in [1.54, 1.807) is 11.2 Å². The lowest BCUT2D eigenvalue weighted by Gasteiger charge is -2.35. The first kappa shape index (κ1) is 16.3. The summed E-state index contributed by atoms with van der Waals surface area (Å²) in [6.45, 7) is 2.30. The van der Waals surface area contributed by atoms with Crippen LogP contribution in [0.4, 0.5) is 5.82 Å². The van der Waals surface area contributed by atoms with E-state index in [2.05, 4.69) is 36.1 Å². The molecule has 1 aromatic carbocycles. The van der Waals surface area contributed by atoms with Crippen LogP contribution in [0.25, 0.3) is 10.9 Å². The highest BCUT2D eigenvalue weighted by Crippen LogP contribution is 2.26. The molecular weight excluding hydrogens is 386 g/mol. The number of anilines is 1. The van der Waals surface area contributed by atoms with E-state index in [1.165, 1.54) is 0 Å². The monoisotopic (exact) mass is 403 g/mol. The van der Waals surface area contributed by atoms with E-state index < -0.39 is 11.8 Å². The quantitative estimate of drug-likeness (QED) is 0.764. The Bertz CT molecular complexity index is 831. The number of nitrogens with one attached hydrogen (secondary N) is 1. The Balaban J connectivity index is 1.46. The molecule has 0 spiro atoms. The molecule has 1 N–H and O–H groups in total. The number of halogens is 1. The third kappa shape index (κ3) is 3.44. The number of carbonyl (C=O) groups excluding carboxylic acids is 2. The lowest BCUT2D eigenvalue weighted by atomic mass is 10.2. The molecule has 130 valence electrons. The molecule has 0 unspecified atom stereocenters. The van der Waals surface area contributed by atoms with Crippen LogP contribution in [0.1, 0.15) is 12.8 Å². The van der Waals surface area contributed by atoms with Crippen LogP contribution >= 0.6 is 15.9 Å². The van der Waals surface area contributed by atoms with Gasteiger partial charge in [0.25, 0.3) is 0 Å². The van der Waals surface area contributed by atoms with Crippen molar-refractivity contribution >= 4 is 44.5 Å². The Hall–Kier alpha value is -2.22. The summed E-state index contributed by atoms with van der Waals surface area (Å²) in [5.74, 6) is -0.0463. The molecule has 2 heterocycles. The van der Waals surface area contributed by atoms with Crippen LogP contribution in [-0.4, -0.2) is 58.9 Å². The van der Waals surface area contributed by atoms with Crippen molar-refractivity contribution in [2.75, 3.05) is 31.1 Å². The van der Waals surface area contributed by atoms with Gasteiger partial charge in [0.05, 0.1) is 5.52 Å². The molecular formula is C17H18BrN5O2. The van der Waals surface area contributed by atoms with Crippen molar-refractivity contribution in [3.8, 4) is 0 Å². The minimum atomic E-state index is -0.479. The van der Waals surface area contributed by atoms with Gasteiger partial charge >= 0.3 is 11.8 Å². The second-order valence-electron chi connectivity index (χ2n) is 6.39. The maximum atomic E-state index is 12.2. The number of hydrogen-bond donors (Lipinski definition) is 1.